The molecule has 0 unspecified atom stereocenters. The van der Waals surface area contributed by atoms with Crippen molar-refractivity contribution >= 4 is 0 Å². The third kappa shape index (κ3) is 5.14. The third-order valence-corrected chi connectivity index (χ3v) is 7.88. The number of rotatable bonds is 9. The van der Waals surface area contributed by atoms with Gasteiger partial charge in [0.15, 0.2) is 6.23 Å². The number of aromatic amines is 1. The van der Waals surface area contributed by atoms with E-state index in [0.29, 0.717) is 17.1 Å². The Balaban J connectivity index is 1.60. The zero-order chi connectivity index (χ0) is 30.1. The number of aliphatic hydroxyl groups excluding tert-OH is 1. The van der Waals surface area contributed by atoms with Crippen LogP contribution in [0.2, 0.25) is 0 Å². The third-order valence-electron chi connectivity index (χ3n) is 7.88. The molecule has 0 aliphatic carbocycles. The van der Waals surface area contributed by atoms with Crippen molar-refractivity contribution in [3.05, 3.63) is 128 Å². The van der Waals surface area contributed by atoms with Crippen molar-refractivity contribution in [2.45, 2.75) is 43.4 Å². The van der Waals surface area contributed by atoms with Crippen molar-refractivity contribution in [3.63, 3.8) is 0 Å². The first-order valence-electron chi connectivity index (χ1n) is 13.5. The Labute approximate surface area is 243 Å². The molecule has 0 spiro atoms. The minimum atomic E-state index is -1.33. The fourth-order valence-corrected chi connectivity index (χ4v) is 5.45. The molecular formula is C32H35N3O7. The van der Waals surface area contributed by atoms with Crippen LogP contribution in [0.25, 0.3) is 0 Å². The molecule has 1 aliphatic rings. The van der Waals surface area contributed by atoms with E-state index in [2.05, 4.69) is 4.98 Å². The molecule has 0 bridgehead atoms. The average molecular weight is 574 g/mol. The van der Waals surface area contributed by atoms with Gasteiger partial charge in [-0.2, -0.15) is 0 Å². The Morgan fingerprint density at radius 3 is 1.98 bits per heavy atom. The number of nitrogens with two attached hydrogens (primary N) is 1. The van der Waals surface area contributed by atoms with E-state index < -0.39 is 40.8 Å². The molecule has 1 fully saturated rings. The van der Waals surface area contributed by atoms with Crippen LogP contribution >= 0.6 is 0 Å². The van der Waals surface area contributed by atoms with Crippen LogP contribution < -0.4 is 26.5 Å². The van der Waals surface area contributed by atoms with Crippen LogP contribution in [0, 0.1) is 6.92 Å². The van der Waals surface area contributed by atoms with Gasteiger partial charge in [0.1, 0.15) is 28.8 Å². The zero-order valence-electron chi connectivity index (χ0n) is 23.9. The summed E-state index contributed by atoms with van der Waals surface area (Å²) in [7, 11) is 3.21. The topological polar surface area (TPSA) is 138 Å². The van der Waals surface area contributed by atoms with E-state index in [0.717, 1.165) is 16.7 Å². The lowest BCUT2D eigenvalue weighted by atomic mass is 9.79. The minimum Gasteiger partial charge on any atom is -0.497 e. The fraction of sp³-hybridized carbons (Fsp3) is 0.312. The molecule has 1 aliphatic heterocycles. The van der Waals surface area contributed by atoms with Gasteiger partial charge in [0.2, 0.25) is 0 Å². The van der Waals surface area contributed by atoms with Gasteiger partial charge >= 0.3 is 5.69 Å². The van der Waals surface area contributed by atoms with E-state index in [1.54, 1.807) is 28.1 Å². The molecule has 4 N–H and O–H groups in total. The molecule has 1 aromatic heterocycles. The molecule has 0 amide bonds. The normalized spacial score (nSPS) is 22.2. The van der Waals surface area contributed by atoms with Gasteiger partial charge in [-0.05, 0) is 54.8 Å². The summed E-state index contributed by atoms with van der Waals surface area (Å²) >= 11 is 0. The lowest BCUT2D eigenvalue weighted by molar-refractivity contribution is -0.151. The molecule has 4 aromatic rings. The first-order valence-corrected chi connectivity index (χ1v) is 13.5. The summed E-state index contributed by atoms with van der Waals surface area (Å²) in [6, 6.07) is 23.9. The first kappa shape index (κ1) is 29.3. The van der Waals surface area contributed by atoms with E-state index in [4.69, 9.17) is 24.7 Å². The van der Waals surface area contributed by atoms with E-state index in [1.165, 1.54) is 10.8 Å². The van der Waals surface area contributed by atoms with Crippen molar-refractivity contribution in [2.75, 3.05) is 20.8 Å². The molecule has 4 atom stereocenters. The van der Waals surface area contributed by atoms with Gasteiger partial charge in [0.05, 0.1) is 26.9 Å². The van der Waals surface area contributed by atoms with Crippen LogP contribution in [-0.2, 0) is 15.1 Å². The highest BCUT2D eigenvalue weighted by Crippen LogP contribution is 2.44. The number of methoxy groups -OCH3 is 2. The number of nitrogens with zero attached hydrogens (tertiary/aromatic N) is 1. The predicted molar refractivity (Wildman–Crippen MR) is 157 cm³/mol. The maximum absolute atomic E-state index is 12.7. The molecule has 0 radical (unpaired) electrons. The number of ether oxygens (including phenoxy) is 4. The quantitative estimate of drug-likeness (QED) is 0.260. The maximum atomic E-state index is 12.7. The molecule has 1 saturated heterocycles. The summed E-state index contributed by atoms with van der Waals surface area (Å²) in [6.07, 6.45) is -0.861. The Morgan fingerprint density at radius 2 is 1.45 bits per heavy atom. The summed E-state index contributed by atoms with van der Waals surface area (Å²) < 4.78 is 25.3. The first-order chi connectivity index (χ1) is 20.1. The van der Waals surface area contributed by atoms with Gasteiger partial charge in [-0.1, -0.05) is 54.6 Å². The van der Waals surface area contributed by atoms with Crippen molar-refractivity contribution in [2.24, 2.45) is 5.73 Å². The number of aliphatic hydroxyl groups is 1. The van der Waals surface area contributed by atoms with Crippen LogP contribution in [0.1, 0.15) is 35.4 Å². The van der Waals surface area contributed by atoms with E-state index in [9.17, 15) is 14.7 Å². The van der Waals surface area contributed by atoms with Crippen molar-refractivity contribution < 1.29 is 24.1 Å². The van der Waals surface area contributed by atoms with Crippen LogP contribution in [0.15, 0.2) is 94.6 Å². The number of hydrogen-bond donors (Lipinski definition) is 3. The van der Waals surface area contributed by atoms with Crippen LogP contribution in [0.5, 0.6) is 11.5 Å². The Morgan fingerprint density at radius 1 is 0.929 bits per heavy atom. The van der Waals surface area contributed by atoms with Gasteiger partial charge in [-0.25, -0.2) is 4.79 Å². The van der Waals surface area contributed by atoms with Crippen LogP contribution in [0.4, 0.5) is 0 Å². The highest BCUT2D eigenvalue weighted by Gasteiger charge is 2.53. The Bertz CT molecular complexity index is 1590. The summed E-state index contributed by atoms with van der Waals surface area (Å²) in [6.45, 7) is 3.16. The average Bonchev–Trinajstić information content (AvgIpc) is 3.24. The second-order valence-corrected chi connectivity index (χ2v) is 10.6. The largest absolute Gasteiger partial charge is 0.497 e. The number of hydrogen-bond acceptors (Lipinski definition) is 8. The Hall–Kier alpha value is -4.22. The second-order valence-electron chi connectivity index (χ2n) is 10.6. The van der Waals surface area contributed by atoms with Crippen molar-refractivity contribution in [1.82, 2.24) is 9.55 Å². The molecule has 10 heteroatoms. The Kier molecular flexibility index (Phi) is 8.07. The molecule has 0 saturated carbocycles. The minimum absolute atomic E-state index is 0.109. The van der Waals surface area contributed by atoms with Gasteiger partial charge in [0, 0.05) is 11.8 Å². The number of aryl methyl sites for hydroxylation is 1. The highest BCUT2D eigenvalue weighted by molar-refractivity contribution is 5.49. The van der Waals surface area contributed by atoms with Gasteiger partial charge < -0.3 is 29.8 Å². The van der Waals surface area contributed by atoms with Crippen LogP contribution in [-0.4, -0.2) is 53.2 Å². The second kappa shape index (κ2) is 11.6. The molecular weight excluding hydrogens is 538 g/mol. The number of aromatic nitrogens is 2. The van der Waals surface area contributed by atoms with Gasteiger partial charge in [-0.3, -0.25) is 14.3 Å². The summed E-state index contributed by atoms with van der Waals surface area (Å²) in [4.78, 5) is 26.9. The summed E-state index contributed by atoms with van der Waals surface area (Å²) in [5, 5.41) is 11.4. The molecule has 220 valence electrons. The lowest BCUT2D eigenvalue weighted by Crippen LogP contribution is -2.49. The summed E-state index contributed by atoms with van der Waals surface area (Å²) in [5.74, 6) is 1.37. The summed E-state index contributed by atoms with van der Waals surface area (Å²) in [5.41, 5.74) is 5.52. The molecule has 5 rings (SSSR count). The monoisotopic (exact) mass is 573 g/mol. The number of benzene rings is 3. The standard InChI is InChI=1S/C32H35N3O7/c1-20-18-35(30(38)34-28(20)37)29-26(33)27(36)31(2,42-29)19-41-32(21-8-6-5-7-9-21,22-10-14-24(39-3)15-11-22)23-12-16-25(40-4)17-13-23/h5-18,26-27,29,36H,19,33H2,1-4H3,(H,34,37,38)/t26-,27+,29-,31-/m1/s1. The van der Waals surface area contributed by atoms with Gasteiger partial charge in [0.25, 0.3) is 5.56 Å². The fourth-order valence-electron chi connectivity index (χ4n) is 5.45. The van der Waals surface area contributed by atoms with E-state index in [1.807, 2.05) is 78.9 Å². The van der Waals surface area contributed by atoms with E-state index >= 15 is 0 Å². The van der Waals surface area contributed by atoms with Crippen LogP contribution in [0.3, 0.4) is 0 Å². The predicted octanol–water partition coefficient (Wildman–Crippen LogP) is 2.85. The number of nitrogens with one attached hydrogen (secondary N) is 1. The molecule has 42 heavy (non-hydrogen) atoms. The van der Waals surface area contributed by atoms with Gasteiger partial charge in [-0.15, -0.1) is 0 Å². The molecule has 10 nitrogen and oxygen atoms in total. The van der Waals surface area contributed by atoms with Crippen molar-refractivity contribution in [3.8, 4) is 11.5 Å². The smallest absolute Gasteiger partial charge is 0.330 e. The zero-order valence-corrected chi connectivity index (χ0v) is 23.9. The lowest BCUT2D eigenvalue weighted by Gasteiger charge is -2.39. The maximum Gasteiger partial charge on any atom is 0.330 e. The highest BCUT2D eigenvalue weighted by atomic mass is 16.6. The SMILES string of the molecule is COc1ccc(C(OC[C@@]2(C)O[C@@H](n3cc(C)c(=O)[nH]c3=O)[C@H](N)[C@@H]2O)(c2ccccc2)c2ccc(OC)cc2)cc1. The number of H-pyrrole nitrogens is 1. The van der Waals surface area contributed by atoms with Crippen molar-refractivity contribution in [1.29, 1.82) is 0 Å². The molecule has 3 aromatic carbocycles. The molecule has 2 heterocycles. The van der Waals surface area contributed by atoms with E-state index in [-0.39, 0.29) is 6.61 Å².